The molecule has 2 heterocycles. The molecular weight excluding hydrogens is 337 g/mol. The highest BCUT2D eigenvalue weighted by atomic mass is 19.1. The van der Waals surface area contributed by atoms with E-state index in [2.05, 4.69) is 15.5 Å². The van der Waals surface area contributed by atoms with Crippen LogP contribution in [0.5, 0.6) is 0 Å². The Labute approximate surface area is 154 Å². The van der Waals surface area contributed by atoms with Crippen LogP contribution in [0.1, 0.15) is 24.4 Å². The highest BCUT2D eigenvalue weighted by molar-refractivity contribution is 5.85. The first-order valence-electron chi connectivity index (χ1n) is 9.26. The molecule has 2 aliphatic rings. The molecule has 0 saturated carbocycles. The lowest BCUT2D eigenvalue weighted by Gasteiger charge is -2.37. The normalized spacial score (nSPS) is 21.9. The summed E-state index contributed by atoms with van der Waals surface area (Å²) < 4.78 is 24.8. The van der Waals surface area contributed by atoms with Gasteiger partial charge in [0.1, 0.15) is 11.4 Å². The second-order valence-corrected chi connectivity index (χ2v) is 6.88. The number of hydrogen-bond donors (Lipinski definition) is 2. The van der Waals surface area contributed by atoms with E-state index in [0.29, 0.717) is 32.6 Å². The molecule has 0 aromatic heterocycles. The number of ether oxygens (including phenoxy) is 2. The number of carbonyl (C=O) groups excluding carboxylic acids is 1. The molecule has 1 aromatic rings. The standard InChI is InChI=1S/C19H28FN3O3/c1-25-19(5-7-21-8-6-19)18(24)22-14-17(23-9-11-26-12-10-23)15-3-2-4-16(20)13-15/h2-4,13,17,21H,5-12,14H2,1H3,(H,22,24). The summed E-state index contributed by atoms with van der Waals surface area (Å²) in [5, 5.41) is 6.32. The van der Waals surface area contributed by atoms with E-state index in [4.69, 9.17) is 9.47 Å². The zero-order valence-electron chi connectivity index (χ0n) is 15.3. The number of hydrogen-bond acceptors (Lipinski definition) is 5. The Kier molecular flexibility index (Phi) is 6.58. The van der Waals surface area contributed by atoms with Crippen molar-refractivity contribution in [3.05, 3.63) is 35.6 Å². The van der Waals surface area contributed by atoms with Gasteiger partial charge in [-0.05, 0) is 43.6 Å². The van der Waals surface area contributed by atoms with Crippen LogP contribution in [0.25, 0.3) is 0 Å². The van der Waals surface area contributed by atoms with Crippen LogP contribution in [-0.2, 0) is 14.3 Å². The fourth-order valence-electron chi connectivity index (χ4n) is 3.77. The van der Waals surface area contributed by atoms with Crippen molar-refractivity contribution < 1.29 is 18.7 Å². The summed E-state index contributed by atoms with van der Waals surface area (Å²) in [6.07, 6.45) is 1.30. The van der Waals surface area contributed by atoms with Gasteiger partial charge in [-0.2, -0.15) is 0 Å². The molecular formula is C19H28FN3O3. The van der Waals surface area contributed by atoms with E-state index in [1.165, 1.54) is 6.07 Å². The topological polar surface area (TPSA) is 62.8 Å². The average molecular weight is 365 g/mol. The number of benzene rings is 1. The fraction of sp³-hybridized carbons (Fsp3) is 0.632. The zero-order chi connectivity index (χ0) is 18.4. The van der Waals surface area contributed by atoms with Crippen molar-refractivity contribution in [1.29, 1.82) is 0 Å². The molecule has 0 radical (unpaired) electrons. The van der Waals surface area contributed by atoms with Gasteiger partial charge in [0.25, 0.3) is 5.91 Å². The third-order valence-electron chi connectivity index (χ3n) is 5.39. The summed E-state index contributed by atoms with van der Waals surface area (Å²) >= 11 is 0. The molecule has 0 aliphatic carbocycles. The average Bonchev–Trinajstić information content (AvgIpc) is 2.69. The van der Waals surface area contributed by atoms with Crippen LogP contribution < -0.4 is 10.6 Å². The zero-order valence-corrected chi connectivity index (χ0v) is 15.3. The van der Waals surface area contributed by atoms with Crippen LogP contribution in [0.4, 0.5) is 4.39 Å². The van der Waals surface area contributed by atoms with Crippen LogP contribution in [-0.4, -0.2) is 69.5 Å². The number of rotatable bonds is 6. The Balaban J connectivity index is 1.72. The maximum atomic E-state index is 13.7. The predicted octanol–water partition coefficient (Wildman–Crippen LogP) is 1.08. The van der Waals surface area contributed by atoms with Crippen molar-refractivity contribution in [2.75, 3.05) is 53.0 Å². The summed E-state index contributed by atoms with van der Waals surface area (Å²) in [5.41, 5.74) is 0.0897. The molecule has 144 valence electrons. The third kappa shape index (κ3) is 4.40. The lowest BCUT2D eigenvalue weighted by Crippen LogP contribution is -2.55. The summed E-state index contributed by atoms with van der Waals surface area (Å²) in [4.78, 5) is 15.1. The molecule has 0 bridgehead atoms. The number of carbonyl (C=O) groups is 1. The number of nitrogens with zero attached hydrogens (tertiary/aromatic N) is 1. The molecule has 7 heteroatoms. The van der Waals surface area contributed by atoms with Crippen molar-refractivity contribution in [3.63, 3.8) is 0 Å². The number of halogens is 1. The van der Waals surface area contributed by atoms with Crippen LogP contribution >= 0.6 is 0 Å². The molecule has 26 heavy (non-hydrogen) atoms. The smallest absolute Gasteiger partial charge is 0.252 e. The number of nitrogens with one attached hydrogen (secondary N) is 2. The third-order valence-corrected chi connectivity index (χ3v) is 5.39. The first kappa shape index (κ1) is 19.2. The lowest BCUT2D eigenvalue weighted by atomic mass is 9.91. The Morgan fingerprint density at radius 1 is 1.38 bits per heavy atom. The van der Waals surface area contributed by atoms with E-state index in [1.54, 1.807) is 19.2 Å². The maximum absolute atomic E-state index is 13.7. The quantitative estimate of drug-likeness (QED) is 0.790. The predicted molar refractivity (Wildman–Crippen MR) is 96.4 cm³/mol. The van der Waals surface area contributed by atoms with E-state index >= 15 is 0 Å². The Morgan fingerprint density at radius 3 is 2.77 bits per heavy atom. The minimum Gasteiger partial charge on any atom is -0.379 e. The van der Waals surface area contributed by atoms with E-state index < -0.39 is 5.60 Å². The van der Waals surface area contributed by atoms with E-state index in [0.717, 1.165) is 31.7 Å². The molecule has 1 unspecified atom stereocenters. The van der Waals surface area contributed by atoms with Gasteiger partial charge in [-0.3, -0.25) is 9.69 Å². The van der Waals surface area contributed by atoms with Crippen LogP contribution in [0, 0.1) is 5.82 Å². The molecule has 2 N–H and O–H groups in total. The summed E-state index contributed by atoms with van der Waals surface area (Å²) in [6.45, 7) is 4.75. The summed E-state index contributed by atoms with van der Waals surface area (Å²) in [7, 11) is 1.59. The molecule has 3 rings (SSSR count). The molecule has 2 aliphatic heterocycles. The summed E-state index contributed by atoms with van der Waals surface area (Å²) in [5.74, 6) is -0.352. The van der Waals surface area contributed by atoms with Gasteiger partial charge < -0.3 is 20.1 Å². The lowest BCUT2D eigenvalue weighted by molar-refractivity contribution is -0.147. The number of piperidine rings is 1. The van der Waals surface area contributed by atoms with Crippen LogP contribution in [0.2, 0.25) is 0 Å². The van der Waals surface area contributed by atoms with Gasteiger partial charge in [0.05, 0.1) is 19.3 Å². The van der Waals surface area contributed by atoms with Gasteiger partial charge in [-0.25, -0.2) is 4.39 Å². The van der Waals surface area contributed by atoms with Crippen LogP contribution in [0.15, 0.2) is 24.3 Å². The SMILES string of the molecule is COC1(C(=O)NCC(c2cccc(F)c2)N2CCOCC2)CCNCC1. The molecule has 6 nitrogen and oxygen atoms in total. The van der Waals surface area contributed by atoms with E-state index in [-0.39, 0.29) is 17.8 Å². The molecule has 2 saturated heterocycles. The first-order valence-corrected chi connectivity index (χ1v) is 9.26. The monoisotopic (exact) mass is 365 g/mol. The molecule has 1 aromatic carbocycles. The van der Waals surface area contributed by atoms with Crippen molar-refractivity contribution in [2.45, 2.75) is 24.5 Å². The van der Waals surface area contributed by atoms with Crippen molar-refractivity contribution in [1.82, 2.24) is 15.5 Å². The van der Waals surface area contributed by atoms with Crippen LogP contribution in [0.3, 0.4) is 0 Å². The van der Waals surface area contributed by atoms with Crippen molar-refractivity contribution in [2.24, 2.45) is 0 Å². The first-order chi connectivity index (χ1) is 12.6. The number of methoxy groups -OCH3 is 1. The Hall–Kier alpha value is -1.54. The van der Waals surface area contributed by atoms with Crippen molar-refractivity contribution >= 4 is 5.91 Å². The fourth-order valence-corrected chi connectivity index (χ4v) is 3.77. The molecule has 1 amide bonds. The van der Waals surface area contributed by atoms with Gasteiger partial charge in [-0.1, -0.05) is 12.1 Å². The second-order valence-electron chi connectivity index (χ2n) is 6.88. The minimum atomic E-state index is -0.775. The van der Waals surface area contributed by atoms with Crippen molar-refractivity contribution in [3.8, 4) is 0 Å². The number of amides is 1. The second kappa shape index (κ2) is 8.90. The van der Waals surface area contributed by atoms with E-state index in [1.807, 2.05) is 6.07 Å². The largest absolute Gasteiger partial charge is 0.379 e. The van der Waals surface area contributed by atoms with Gasteiger partial charge >= 0.3 is 0 Å². The maximum Gasteiger partial charge on any atom is 0.252 e. The Morgan fingerprint density at radius 2 is 2.12 bits per heavy atom. The van der Waals surface area contributed by atoms with Gasteiger partial charge in [0.15, 0.2) is 0 Å². The molecule has 2 fully saturated rings. The number of morpholine rings is 1. The Bertz CT molecular complexity index is 601. The minimum absolute atomic E-state index is 0.0869. The highest BCUT2D eigenvalue weighted by Gasteiger charge is 2.40. The molecule has 1 atom stereocenters. The molecule has 0 spiro atoms. The summed E-state index contributed by atoms with van der Waals surface area (Å²) in [6, 6.07) is 6.51. The van der Waals surface area contributed by atoms with Gasteiger partial charge in [0.2, 0.25) is 0 Å². The van der Waals surface area contributed by atoms with E-state index in [9.17, 15) is 9.18 Å². The van der Waals surface area contributed by atoms with Gasteiger partial charge in [-0.15, -0.1) is 0 Å². The van der Waals surface area contributed by atoms with Gasteiger partial charge in [0, 0.05) is 26.7 Å². The highest BCUT2D eigenvalue weighted by Crippen LogP contribution is 2.25.